The fourth-order valence-corrected chi connectivity index (χ4v) is 5.10. The zero-order valence-electron chi connectivity index (χ0n) is 17.4. The molecule has 0 spiro atoms. The van der Waals surface area contributed by atoms with Crippen LogP contribution in [0.1, 0.15) is 0 Å². The van der Waals surface area contributed by atoms with Crippen LogP contribution in [0.25, 0.3) is 11.1 Å². The zero-order chi connectivity index (χ0) is 24.6. The molecule has 0 bridgehead atoms. The largest absolute Gasteiger partial charge is 0.420 e. The first-order valence-electron chi connectivity index (χ1n) is 9.88. The summed E-state index contributed by atoms with van der Waals surface area (Å²) in [7, 11) is -4.01. The highest BCUT2D eigenvalue weighted by Crippen LogP contribution is 2.23. The number of nitro benzene ring substituents is 2. The highest BCUT2D eigenvalue weighted by molar-refractivity contribution is 7.89. The first-order valence-corrected chi connectivity index (χ1v) is 11.3. The summed E-state index contributed by atoms with van der Waals surface area (Å²) in [6, 6.07) is 8.29. The molecule has 3 aromatic rings. The van der Waals surface area contributed by atoms with Gasteiger partial charge in [0.15, 0.2) is 5.58 Å². The first kappa shape index (κ1) is 23.1. The predicted octanol–water partition coefficient (Wildman–Crippen LogP) is 0.944. The third kappa shape index (κ3) is 4.25. The second kappa shape index (κ2) is 8.68. The average Bonchev–Trinajstić information content (AvgIpc) is 3.13. The predicted molar refractivity (Wildman–Crippen MR) is 116 cm³/mol. The third-order valence-electron chi connectivity index (χ3n) is 5.41. The molecule has 1 aliphatic rings. The van der Waals surface area contributed by atoms with Crippen LogP contribution >= 0.6 is 0 Å². The number of carbonyl (C=O) groups is 1. The van der Waals surface area contributed by atoms with Gasteiger partial charge in [-0.1, -0.05) is 6.07 Å². The zero-order valence-corrected chi connectivity index (χ0v) is 18.2. The highest BCUT2D eigenvalue weighted by atomic mass is 32.2. The van der Waals surface area contributed by atoms with E-state index in [4.69, 9.17) is 4.42 Å². The minimum atomic E-state index is -4.01. The Balaban J connectivity index is 1.47. The van der Waals surface area contributed by atoms with Crippen molar-refractivity contribution in [2.45, 2.75) is 11.4 Å². The maximum Gasteiger partial charge on any atom is 0.420 e. The third-order valence-corrected chi connectivity index (χ3v) is 7.31. The second-order valence-electron chi connectivity index (χ2n) is 7.40. The number of carbonyl (C=O) groups excluding carboxylic acids is 1. The molecule has 15 heteroatoms. The Labute approximate surface area is 190 Å². The molecule has 1 aromatic heterocycles. The van der Waals surface area contributed by atoms with Crippen LogP contribution in [0.2, 0.25) is 0 Å². The van der Waals surface area contributed by atoms with Crippen LogP contribution in [-0.2, 0) is 21.4 Å². The van der Waals surface area contributed by atoms with E-state index < -0.39 is 38.1 Å². The molecule has 1 saturated heterocycles. The summed E-state index contributed by atoms with van der Waals surface area (Å²) < 4.78 is 32.9. The quantitative estimate of drug-likeness (QED) is 0.358. The number of nitro groups is 2. The summed E-state index contributed by atoms with van der Waals surface area (Å²) in [5.41, 5.74) is -0.432. The summed E-state index contributed by atoms with van der Waals surface area (Å²) in [4.78, 5) is 46.7. The van der Waals surface area contributed by atoms with E-state index in [-0.39, 0.29) is 53.5 Å². The summed E-state index contributed by atoms with van der Waals surface area (Å²) in [5.74, 6) is -1.35. The minimum Gasteiger partial charge on any atom is -0.408 e. The van der Waals surface area contributed by atoms with Crippen molar-refractivity contribution in [2.75, 3.05) is 26.2 Å². The van der Waals surface area contributed by atoms with E-state index >= 15 is 0 Å². The molecule has 1 fully saturated rings. The Morgan fingerprint density at radius 3 is 2.26 bits per heavy atom. The van der Waals surface area contributed by atoms with Crippen molar-refractivity contribution in [1.29, 1.82) is 0 Å². The average molecular weight is 491 g/mol. The molecule has 0 unspecified atom stereocenters. The lowest BCUT2D eigenvalue weighted by molar-refractivity contribution is -0.385. The van der Waals surface area contributed by atoms with Gasteiger partial charge < -0.3 is 9.32 Å². The standard InChI is InChI=1S/C19H17N5O9S/c25-18(12-22-16-11-14(24(29)30)4-5-17(16)33-19(22)26)20-6-8-21(9-7-20)34(31,32)15-3-1-2-13(10-15)23(27)28/h1-5,10-11H,6-9,12H2. The molecule has 4 rings (SSSR count). The van der Waals surface area contributed by atoms with Crippen LogP contribution in [0.5, 0.6) is 0 Å². The van der Waals surface area contributed by atoms with Crippen molar-refractivity contribution in [3.63, 3.8) is 0 Å². The lowest BCUT2D eigenvalue weighted by atomic mass is 10.3. The van der Waals surface area contributed by atoms with Crippen LogP contribution in [-0.4, -0.2) is 64.1 Å². The van der Waals surface area contributed by atoms with Crippen LogP contribution in [0.15, 0.2) is 56.6 Å². The van der Waals surface area contributed by atoms with Crippen molar-refractivity contribution in [2.24, 2.45) is 0 Å². The number of piperazine rings is 1. The molecule has 0 aliphatic carbocycles. The lowest BCUT2D eigenvalue weighted by Crippen LogP contribution is -2.51. The number of nitrogens with zero attached hydrogens (tertiary/aromatic N) is 5. The van der Waals surface area contributed by atoms with Gasteiger partial charge in [0.05, 0.1) is 20.3 Å². The number of aromatic nitrogens is 1. The number of fused-ring (bicyclic) bond motifs is 1. The van der Waals surface area contributed by atoms with E-state index in [1.807, 2.05) is 0 Å². The van der Waals surface area contributed by atoms with Gasteiger partial charge in [0, 0.05) is 50.4 Å². The molecular formula is C19H17N5O9S. The van der Waals surface area contributed by atoms with Gasteiger partial charge in [-0.05, 0) is 12.1 Å². The van der Waals surface area contributed by atoms with Crippen molar-refractivity contribution in [3.8, 4) is 0 Å². The number of benzene rings is 2. The van der Waals surface area contributed by atoms with Crippen molar-refractivity contribution >= 4 is 38.4 Å². The van der Waals surface area contributed by atoms with Gasteiger partial charge in [-0.25, -0.2) is 13.2 Å². The Bertz CT molecular complexity index is 1470. The van der Waals surface area contributed by atoms with E-state index in [2.05, 4.69) is 0 Å². The normalized spacial score (nSPS) is 14.9. The number of sulfonamides is 1. The summed E-state index contributed by atoms with van der Waals surface area (Å²) in [6.07, 6.45) is 0. The molecule has 14 nitrogen and oxygen atoms in total. The number of non-ortho nitro benzene ring substituents is 2. The number of amides is 1. The molecule has 0 N–H and O–H groups in total. The number of oxazole rings is 1. The molecule has 0 saturated carbocycles. The number of hydrogen-bond acceptors (Lipinski definition) is 9. The maximum atomic E-state index is 12.9. The maximum absolute atomic E-state index is 12.9. The monoisotopic (exact) mass is 491 g/mol. The second-order valence-corrected chi connectivity index (χ2v) is 9.34. The molecule has 2 heterocycles. The van der Waals surface area contributed by atoms with Gasteiger partial charge in [-0.2, -0.15) is 4.31 Å². The molecule has 34 heavy (non-hydrogen) atoms. The molecule has 0 radical (unpaired) electrons. The van der Waals surface area contributed by atoms with Crippen LogP contribution in [0.4, 0.5) is 11.4 Å². The van der Waals surface area contributed by atoms with Gasteiger partial charge in [0.1, 0.15) is 6.54 Å². The fourth-order valence-electron chi connectivity index (χ4n) is 3.63. The molecular weight excluding hydrogens is 474 g/mol. The van der Waals surface area contributed by atoms with Crippen LogP contribution in [0.3, 0.4) is 0 Å². The van der Waals surface area contributed by atoms with E-state index in [0.717, 1.165) is 21.0 Å². The van der Waals surface area contributed by atoms with Crippen LogP contribution < -0.4 is 5.76 Å². The topological polar surface area (TPSA) is 179 Å². The molecule has 178 valence electrons. The van der Waals surface area contributed by atoms with E-state index in [1.165, 1.54) is 35.2 Å². The van der Waals surface area contributed by atoms with Crippen molar-refractivity contribution < 1.29 is 27.5 Å². The summed E-state index contributed by atoms with van der Waals surface area (Å²) in [6.45, 7) is -0.494. The van der Waals surface area contributed by atoms with Gasteiger partial charge >= 0.3 is 5.76 Å². The Hall–Kier alpha value is -4.11. The summed E-state index contributed by atoms with van der Waals surface area (Å²) >= 11 is 0. The molecule has 0 atom stereocenters. The number of rotatable bonds is 6. The van der Waals surface area contributed by atoms with E-state index in [9.17, 15) is 38.2 Å². The Kier molecular flexibility index (Phi) is 5.89. The molecule has 1 amide bonds. The lowest BCUT2D eigenvalue weighted by Gasteiger charge is -2.34. The summed E-state index contributed by atoms with van der Waals surface area (Å²) in [5, 5.41) is 22.0. The van der Waals surface area contributed by atoms with E-state index in [1.54, 1.807) is 0 Å². The Morgan fingerprint density at radius 1 is 0.971 bits per heavy atom. The number of hydrogen-bond donors (Lipinski definition) is 0. The fraction of sp³-hybridized carbons (Fsp3) is 0.263. The molecule has 1 aliphatic heterocycles. The highest BCUT2D eigenvalue weighted by Gasteiger charge is 2.31. The van der Waals surface area contributed by atoms with Gasteiger partial charge in [0.25, 0.3) is 11.4 Å². The molecule has 2 aromatic carbocycles. The Morgan fingerprint density at radius 2 is 1.62 bits per heavy atom. The smallest absolute Gasteiger partial charge is 0.408 e. The van der Waals surface area contributed by atoms with Crippen LogP contribution in [0, 0.1) is 20.2 Å². The minimum absolute atomic E-state index is 0.0255. The van der Waals surface area contributed by atoms with E-state index in [0.29, 0.717) is 0 Å². The van der Waals surface area contributed by atoms with Gasteiger partial charge in [-0.3, -0.25) is 29.6 Å². The van der Waals surface area contributed by atoms with Crippen molar-refractivity contribution in [1.82, 2.24) is 13.8 Å². The van der Waals surface area contributed by atoms with Gasteiger partial charge in [-0.15, -0.1) is 0 Å². The SMILES string of the molecule is O=C(Cn1c(=O)oc2ccc([N+](=O)[O-])cc21)N1CCN(S(=O)(=O)c2cccc([N+](=O)[O-])c2)CC1. The van der Waals surface area contributed by atoms with Gasteiger partial charge in [0.2, 0.25) is 15.9 Å². The first-order chi connectivity index (χ1) is 16.1. The van der Waals surface area contributed by atoms with Crippen molar-refractivity contribution in [3.05, 3.63) is 73.2 Å².